The summed E-state index contributed by atoms with van der Waals surface area (Å²) in [5, 5.41) is 22.9. The number of hydrogen-bond acceptors (Lipinski definition) is 19. The predicted molar refractivity (Wildman–Crippen MR) is 257 cm³/mol. The Morgan fingerprint density at radius 1 is 0.614 bits per heavy atom. The van der Waals surface area contributed by atoms with E-state index in [1.54, 1.807) is 10.9 Å². The summed E-state index contributed by atoms with van der Waals surface area (Å²) in [5.41, 5.74) is 0.162. The molecule has 2 fully saturated rings. The Hall–Kier alpha value is -3.47. The van der Waals surface area contributed by atoms with Crippen molar-refractivity contribution in [3.63, 3.8) is 0 Å². The van der Waals surface area contributed by atoms with Crippen LogP contribution in [0.15, 0.2) is 6.20 Å². The summed E-state index contributed by atoms with van der Waals surface area (Å²) >= 11 is 1.89. The minimum Gasteiger partial charge on any atom is -0.444 e. The average Bonchev–Trinajstić information content (AvgIpc) is 4.05. The number of carbonyl (C=O) groups is 4. The van der Waals surface area contributed by atoms with Crippen LogP contribution in [0, 0.1) is 0 Å². The van der Waals surface area contributed by atoms with Gasteiger partial charge in [0.25, 0.3) is 0 Å². The number of carbonyl (C=O) groups excluding carboxylic acids is 4. The molecule has 24 nitrogen and oxygen atoms in total. The summed E-state index contributed by atoms with van der Waals surface area (Å²) in [7, 11) is 0. The van der Waals surface area contributed by atoms with Gasteiger partial charge >= 0.3 is 12.1 Å². The number of amides is 5. The lowest BCUT2D eigenvalue weighted by Gasteiger charge is -2.19. The average molecular weight is 1020 g/mol. The zero-order valence-electron chi connectivity index (χ0n) is 41.7. The van der Waals surface area contributed by atoms with Crippen molar-refractivity contribution >= 4 is 35.7 Å². The molecule has 25 heteroatoms. The molecule has 404 valence electrons. The number of nitrogens with one attached hydrogen (secondary N) is 5. The zero-order valence-corrected chi connectivity index (χ0v) is 42.5. The highest BCUT2D eigenvalue weighted by molar-refractivity contribution is 8.00. The molecule has 0 radical (unpaired) electrons. The summed E-state index contributed by atoms with van der Waals surface area (Å²) < 4.78 is 67.2. The first-order chi connectivity index (χ1) is 34.1. The van der Waals surface area contributed by atoms with Crippen LogP contribution in [0.3, 0.4) is 0 Å². The van der Waals surface area contributed by atoms with Gasteiger partial charge in [-0.15, -0.1) is 5.10 Å². The molecule has 1 aromatic heterocycles. The molecule has 5 N–H and O–H groups in total. The van der Waals surface area contributed by atoms with Crippen LogP contribution in [0.1, 0.15) is 58.6 Å². The second-order valence-corrected chi connectivity index (χ2v) is 18.2. The number of ether oxygens (including phenoxy) is 12. The van der Waals surface area contributed by atoms with Crippen molar-refractivity contribution in [2.24, 2.45) is 0 Å². The number of aromatic nitrogens is 3. The van der Waals surface area contributed by atoms with Crippen LogP contribution >= 0.6 is 11.8 Å². The number of rotatable bonds is 46. The van der Waals surface area contributed by atoms with Crippen molar-refractivity contribution in [2.75, 3.05) is 164 Å². The number of urea groups is 1. The van der Waals surface area contributed by atoms with Gasteiger partial charge in [-0.05, 0) is 33.6 Å². The van der Waals surface area contributed by atoms with Crippen molar-refractivity contribution in [3.8, 4) is 0 Å². The highest BCUT2D eigenvalue weighted by Crippen LogP contribution is 2.33. The first-order valence-corrected chi connectivity index (χ1v) is 25.6. The highest BCUT2D eigenvalue weighted by atomic mass is 32.2. The SMILES string of the molecule is CC(C)(C)OC(=O)NCCOCCOCCOCCOCCOCCNC(=O)CCOCCOCCOCCOCCOCCOCCn1cc(CNC(=O)CCCC[C@@H]2SC[C@@H]3NC(=O)N[C@@H]32)nn1. The number of unbranched alkanes of at least 4 members (excludes halogenated alkanes) is 1. The molecule has 0 bridgehead atoms. The number of hydrogen-bond donors (Lipinski definition) is 5. The molecule has 3 atom stereocenters. The molecule has 5 amide bonds. The number of thioether (sulfide) groups is 1. The third-order valence-corrected chi connectivity index (χ3v) is 11.4. The van der Waals surface area contributed by atoms with Gasteiger partial charge in [-0.1, -0.05) is 11.6 Å². The molecule has 2 saturated heterocycles. The smallest absolute Gasteiger partial charge is 0.407 e. The molecule has 3 rings (SSSR count). The Morgan fingerprint density at radius 2 is 1.09 bits per heavy atom. The van der Waals surface area contributed by atoms with Gasteiger partial charge in [0.2, 0.25) is 11.8 Å². The Kier molecular flexibility index (Phi) is 34.8. The van der Waals surface area contributed by atoms with E-state index in [4.69, 9.17) is 56.8 Å². The molecule has 3 heterocycles. The molecule has 2 aliphatic heterocycles. The predicted octanol–water partition coefficient (Wildman–Crippen LogP) is 0.834. The van der Waals surface area contributed by atoms with Gasteiger partial charge in [-0.3, -0.25) is 9.59 Å². The molecule has 1 aromatic rings. The van der Waals surface area contributed by atoms with E-state index in [1.165, 1.54) is 0 Å². The van der Waals surface area contributed by atoms with Crippen molar-refractivity contribution in [1.29, 1.82) is 0 Å². The lowest BCUT2D eigenvalue weighted by atomic mass is 10.0. The summed E-state index contributed by atoms with van der Waals surface area (Å²) in [6, 6.07) is 0.351. The maximum atomic E-state index is 12.3. The van der Waals surface area contributed by atoms with E-state index in [1.807, 2.05) is 32.5 Å². The second-order valence-electron chi connectivity index (χ2n) is 16.9. The first kappa shape index (κ1) is 60.8. The van der Waals surface area contributed by atoms with Crippen LogP contribution < -0.4 is 26.6 Å². The van der Waals surface area contributed by atoms with E-state index >= 15 is 0 Å². The Morgan fingerprint density at radius 3 is 1.61 bits per heavy atom. The molecule has 0 spiro atoms. The monoisotopic (exact) mass is 1020 g/mol. The standard InChI is InChI=1S/C45H82N8O16S/c1-45(2,3)69-44(57)47-10-14-60-18-22-64-26-30-67-29-25-63-21-17-59-13-9-46-41(55)8-12-58-16-20-62-24-28-66-32-33-68-31-27-65-23-19-61-15-11-53-35-37(51-52-53)34-48-40(54)7-5-4-6-39-42-38(36-70-39)49-43(56)50-42/h35,38-39,42H,4-34,36H2,1-3H3,(H,46,55)(H,47,57)(H,48,54)(H2,49,50,56)/t38-,39-,42-/m0/s1. The van der Waals surface area contributed by atoms with Crippen molar-refractivity contribution < 1.29 is 76.0 Å². The molecule has 0 unspecified atom stereocenters. The minimum atomic E-state index is -0.527. The molecule has 0 aliphatic carbocycles. The number of nitrogens with zero attached hydrogens (tertiary/aromatic N) is 3. The van der Waals surface area contributed by atoms with E-state index in [9.17, 15) is 19.2 Å². The lowest BCUT2D eigenvalue weighted by Crippen LogP contribution is -2.36. The summed E-state index contributed by atoms with van der Waals surface area (Å²) in [4.78, 5) is 47.3. The van der Waals surface area contributed by atoms with Crippen molar-refractivity contribution in [1.82, 2.24) is 41.6 Å². The van der Waals surface area contributed by atoms with E-state index in [0.29, 0.717) is 189 Å². The summed E-state index contributed by atoms with van der Waals surface area (Å²) in [6.45, 7) is 16.4. The fraction of sp³-hybridized carbons (Fsp3) is 0.867. The van der Waals surface area contributed by atoms with Gasteiger partial charge in [0.1, 0.15) is 11.3 Å². The fourth-order valence-electron chi connectivity index (χ4n) is 6.48. The van der Waals surface area contributed by atoms with Crippen LogP contribution in [-0.4, -0.2) is 226 Å². The van der Waals surface area contributed by atoms with E-state index < -0.39 is 11.7 Å². The zero-order chi connectivity index (χ0) is 50.2. The lowest BCUT2D eigenvalue weighted by molar-refractivity contribution is -0.123. The van der Waals surface area contributed by atoms with Crippen LogP contribution in [0.25, 0.3) is 0 Å². The fourth-order valence-corrected chi connectivity index (χ4v) is 8.02. The summed E-state index contributed by atoms with van der Waals surface area (Å²) in [5.74, 6) is 0.825. The third kappa shape index (κ3) is 33.2. The Bertz CT molecular complexity index is 1520. The molecule has 70 heavy (non-hydrogen) atoms. The molecular weight excluding hydrogens is 941 g/mol. The second kappa shape index (κ2) is 40.1. The Balaban J connectivity index is 0.926. The van der Waals surface area contributed by atoms with Crippen LogP contribution in [0.2, 0.25) is 0 Å². The van der Waals surface area contributed by atoms with Crippen LogP contribution in [0.4, 0.5) is 9.59 Å². The molecule has 2 aliphatic rings. The van der Waals surface area contributed by atoms with Gasteiger partial charge in [0, 0.05) is 36.9 Å². The van der Waals surface area contributed by atoms with Crippen molar-refractivity contribution in [3.05, 3.63) is 11.9 Å². The quantitative estimate of drug-likeness (QED) is 0.0447. The number of fused-ring (bicyclic) bond motifs is 1. The van der Waals surface area contributed by atoms with Crippen molar-refractivity contribution in [2.45, 2.75) is 88.9 Å². The largest absolute Gasteiger partial charge is 0.444 e. The minimum absolute atomic E-state index is 0.00771. The van der Waals surface area contributed by atoms with Gasteiger partial charge in [-0.25, -0.2) is 14.3 Å². The van der Waals surface area contributed by atoms with E-state index in [2.05, 4.69) is 36.9 Å². The van der Waals surface area contributed by atoms with Gasteiger partial charge in [0.15, 0.2) is 0 Å². The normalized spacial score (nSPS) is 16.5. The number of alkyl carbamates (subject to hydrolysis) is 1. The Labute approximate surface area is 417 Å². The van der Waals surface area contributed by atoms with E-state index in [-0.39, 0.29) is 36.3 Å². The molecule has 0 saturated carbocycles. The van der Waals surface area contributed by atoms with Crippen LogP contribution in [0.5, 0.6) is 0 Å². The van der Waals surface area contributed by atoms with Gasteiger partial charge in [-0.2, -0.15) is 11.8 Å². The molecule has 0 aromatic carbocycles. The third-order valence-electron chi connectivity index (χ3n) is 9.90. The van der Waals surface area contributed by atoms with Gasteiger partial charge < -0.3 is 83.4 Å². The maximum Gasteiger partial charge on any atom is 0.407 e. The molecular formula is C45H82N8O16S. The van der Waals surface area contributed by atoms with Gasteiger partial charge in [0.05, 0.1) is 177 Å². The first-order valence-electron chi connectivity index (χ1n) is 24.5. The van der Waals surface area contributed by atoms with E-state index in [0.717, 1.165) is 25.0 Å². The topological polar surface area (TPSA) is 270 Å². The van der Waals surface area contributed by atoms with Crippen LogP contribution in [-0.2, 0) is 79.5 Å². The summed E-state index contributed by atoms with van der Waals surface area (Å²) in [6.07, 6.45) is 4.78. The maximum absolute atomic E-state index is 12.3. The highest BCUT2D eigenvalue weighted by Gasteiger charge is 2.42.